The average molecular weight is 308 g/mol. The summed E-state index contributed by atoms with van der Waals surface area (Å²) in [5, 5.41) is 9.25. The zero-order valence-electron chi connectivity index (χ0n) is 8.74. The molecule has 5 heteroatoms. The number of carboxylic acid groups (broad SMARTS) is 1. The zero-order chi connectivity index (χ0) is 12.1. The molecule has 1 atom stereocenters. The topological polar surface area (TPSA) is 46.5 Å². The first kappa shape index (κ1) is 13.3. The van der Waals surface area contributed by atoms with E-state index in [1.54, 1.807) is 19.2 Å². The van der Waals surface area contributed by atoms with Crippen LogP contribution >= 0.6 is 27.5 Å². The van der Waals surface area contributed by atoms with Crippen LogP contribution in [0.2, 0.25) is 5.02 Å². The number of aliphatic carboxylic acids is 1. The molecular formula is C11H12BrClO3. The number of carboxylic acids is 1. The lowest BCUT2D eigenvalue weighted by Gasteiger charge is -2.07. The molecule has 16 heavy (non-hydrogen) atoms. The molecule has 1 rings (SSSR count). The van der Waals surface area contributed by atoms with Crippen LogP contribution in [-0.4, -0.2) is 23.0 Å². The summed E-state index contributed by atoms with van der Waals surface area (Å²) in [5.41, 5.74) is 0.997. The third-order valence-corrected chi connectivity index (χ3v) is 3.32. The van der Waals surface area contributed by atoms with E-state index in [1.807, 2.05) is 6.07 Å². The monoisotopic (exact) mass is 306 g/mol. The van der Waals surface area contributed by atoms with Gasteiger partial charge in [0.15, 0.2) is 0 Å². The van der Waals surface area contributed by atoms with Crippen LogP contribution in [0.25, 0.3) is 0 Å². The maximum absolute atomic E-state index is 10.6. The minimum Gasteiger partial charge on any atom is -0.495 e. The highest BCUT2D eigenvalue weighted by atomic mass is 79.9. The van der Waals surface area contributed by atoms with E-state index < -0.39 is 10.8 Å². The first-order valence-corrected chi connectivity index (χ1v) is 6.03. The molecule has 0 radical (unpaired) electrons. The highest BCUT2D eigenvalue weighted by Gasteiger charge is 2.12. The maximum atomic E-state index is 10.6. The third kappa shape index (κ3) is 3.68. The Morgan fingerprint density at radius 2 is 2.31 bits per heavy atom. The zero-order valence-corrected chi connectivity index (χ0v) is 11.1. The molecule has 0 saturated carbocycles. The number of benzene rings is 1. The van der Waals surface area contributed by atoms with Crippen LogP contribution in [0.1, 0.15) is 12.0 Å². The standard InChI is InChI=1S/C11H12BrClO3/c1-16-10-5-3-7(6-9(10)13)2-4-8(12)11(14)15/h3,5-6,8H,2,4H2,1H3,(H,14,15). The summed E-state index contributed by atoms with van der Waals surface area (Å²) in [6.07, 6.45) is 1.18. The summed E-state index contributed by atoms with van der Waals surface area (Å²) in [6.45, 7) is 0. The molecule has 0 aliphatic heterocycles. The van der Waals surface area contributed by atoms with E-state index in [-0.39, 0.29) is 0 Å². The number of aryl methyl sites for hydroxylation is 1. The Labute approximate surface area is 107 Å². The second kappa shape index (κ2) is 6.11. The molecule has 0 aromatic heterocycles. The number of rotatable bonds is 5. The van der Waals surface area contributed by atoms with Gasteiger partial charge in [-0.15, -0.1) is 0 Å². The Bertz CT molecular complexity index is 381. The number of hydrogen-bond donors (Lipinski definition) is 1. The number of hydrogen-bond acceptors (Lipinski definition) is 2. The Morgan fingerprint density at radius 1 is 1.62 bits per heavy atom. The van der Waals surface area contributed by atoms with Gasteiger partial charge in [0.05, 0.1) is 12.1 Å². The SMILES string of the molecule is COc1ccc(CCC(Br)C(=O)O)cc1Cl. The van der Waals surface area contributed by atoms with Gasteiger partial charge in [0.2, 0.25) is 0 Å². The van der Waals surface area contributed by atoms with E-state index in [4.69, 9.17) is 21.4 Å². The summed E-state index contributed by atoms with van der Waals surface area (Å²) in [6, 6.07) is 5.45. The molecular weight excluding hydrogens is 295 g/mol. The summed E-state index contributed by atoms with van der Waals surface area (Å²) < 4.78 is 5.03. The highest BCUT2D eigenvalue weighted by molar-refractivity contribution is 9.10. The van der Waals surface area contributed by atoms with E-state index in [0.29, 0.717) is 23.6 Å². The van der Waals surface area contributed by atoms with Crippen molar-refractivity contribution in [1.29, 1.82) is 0 Å². The van der Waals surface area contributed by atoms with Gasteiger partial charge in [0, 0.05) is 0 Å². The molecule has 1 N–H and O–H groups in total. The lowest BCUT2D eigenvalue weighted by atomic mass is 10.1. The molecule has 0 fully saturated rings. The second-order valence-electron chi connectivity index (χ2n) is 3.31. The van der Waals surface area contributed by atoms with E-state index in [0.717, 1.165) is 5.56 Å². The fourth-order valence-electron chi connectivity index (χ4n) is 1.28. The van der Waals surface area contributed by atoms with Gasteiger partial charge in [0.1, 0.15) is 10.6 Å². The van der Waals surface area contributed by atoms with Crippen molar-refractivity contribution in [3.8, 4) is 5.75 Å². The van der Waals surface area contributed by atoms with Gasteiger partial charge >= 0.3 is 5.97 Å². The summed E-state index contributed by atoms with van der Waals surface area (Å²) >= 11 is 9.04. The van der Waals surface area contributed by atoms with Crippen molar-refractivity contribution < 1.29 is 14.6 Å². The van der Waals surface area contributed by atoms with Crippen LogP contribution in [0.3, 0.4) is 0 Å². The molecule has 1 aromatic rings. The molecule has 0 bridgehead atoms. The van der Waals surface area contributed by atoms with Crippen LogP contribution in [0.15, 0.2) is 18.2 Å². The number of ether oxygens (including phenoxy) is 1. The molecule has 0 saturated heterocycles. The van der Waals surface area contributed by atoms with Crippen LogP contribution in [-0.2, 0) is 11.2 Å². The number of alkyl halides is 1. The molecule has 0 aliphatic carbocycles. The molecule has 0 aliphatic rings. The highest BCUT2D eigenvalue weighted by Crippen LogP contribution is 2.25. The molecule has 0 heterocycles. The normalized spacial score (nSPS) is 12.2. The predicted octanol–water partition coefficient (Wildman–Crippen LogP) is 3.13. The minimum atomic E-state index is -0.848. The molecule has 0 spiro atoms. The van der Waals surface area contributed by atoms with Crippen molar-refractivity contribution in [3.63, 3.8) is 0 Å². The Kier molecular flexibility index (Phi) is 5.09. The van der Waals surface area contributed by atoms with Gasteiger partial charge in [-0.05, 0) is 30.5 Å². The van der Waals surface area contributed by atoms with Gasteiger partial charge in [-0.3, -0.25) is 4.79 Å². The second-order valence-corrected chi connectivity index (χ2v) is 4.83. The van der Waals surface area contributed by atoms with Crippen molar-refractivity contribution in [2.24, 2.45) is 0 Å². The minimum absolute atomic E-state index is 0.520. The average Bonchev–Trinajstić information content (AvgIpc) is 2.25. The van der Waals surface area contributed by atoms with Crippen LogP contribution in [0.5, 0.6) is 5.75 Å². The third-order valence-electron chi connectivity index (χ3n) is 2.17. The van der Waals surface area contributed by atoms with Crippen molar-refractivity contribution in [2.75, 3.05) is 7.11 Å². The Hall–Kier alpha value is -0.740. The quantitative estimate of drug-likeness (QED) is 0.850. The number of methoxy groups -OCH3 is 1. The van der Waals surface area contributed by atoms with Crippen molar-refractivity contribution >= 4 is 33.5 Å². The fourth-order valence-corrected chi connectivity index (χ4v) is 1.79. The molecule has 0 amide bonds. The van der Waals surface area contributed by atoms with Gasteiger partial charge in [-0.25, -0.2) is 0 Å². The molecule has 1 aromatic carbocycles. The summed E-state index contributed by atoms with van der Waals surface area (Å²) in [7, 11) is 1.56. The smallest absolute Gasteiger partial charge is 0.317 e. The van der Waals surface area contributed by atoms with E-state index in [2.05, 4.69) is 15.9 Å². The van der Waals surface area contributed by atoms with Gasteiger partial charge in [-0.1, -0.05) is 33.6 Å². The van der Waals surface area contributed by atoms with E-state index >= 15 is 0 Å². The van der Waals surface area contributed by atoms with Gasteiger partial charge in [0.25, 0.3) is 0 Å². The van der Waals surface area contributed by atoms with Crippen LogP contribution in [0.4, 0.5) is 0 Å². The van der Waals surface area contributed by atoms with Crippen molar-refractivity contribution in [2.45, 2.75) is 17.7 Å². The summed E-state index contributed by atoms with van der Waals surface area (Å²) in [5.74, 6) is -0.223. The molecule has 3 nitrogen and oxygen atoms in total. The van der Waals surface area contributed by atoms with E-state index in [1.165, 1.54) is 0 Å². The van der Waals surface area contributed by atoms with E-state index in [9.17, 15) is 4.79 Å². The number of halogens is 2. The maximum Gasteiger partial charge on any atom is 0.317 e. The largest absolute Gasteiger partial charge is 0.495 e. The lowest BCUT2D eigenvalue weighted by molar-refractivity contribution is -0.136. The van der Waals surface area contributed by atoms with Gasteiger partial charge in [-0.2, -0.15) is 0 Å². The Balaban J connectivity index is 2.62. The fraction of sp³-hybridized carbons (Fsp3) is 0.364. The van der Waals surface area contributed by atoms with Crippen LogP contribution in [0, 0.1) is 0 Å². The van der Waals surface area contributed by atoms with Crippen LogP contribution < -0.4 is 4.74 Å². The first-order valence-electron chi connectivity index (χ1n) is 4.74. The van der Waals surface area contributed by atoms with Crippen molar-refractivity contribution in [3.05, 3.63) is 28.8 Å². The Morgan fingerprint density at radius 3 is 2.81 bits per heavy atom. The lowest BCUT2D eigenvalue weighted by Crippen LogP contribution is -2.13. The van der Waals surface area contributed by atoms with Gasteiger partial charge < -0.3 is 9.84 Å². The van der Waals surface area contributed by atoms with Crippen molar-refractivity contribution in [1.82, 2.24) is 0 Å². The number of carbonyl (C=O) groups is 1. The molecule has 88 valence electrons. The predicted molar refractivity (Wildman–Crippen MR) is 66.7 cm³/mol. The molecule has 1 unspecified atom stereocenters. The first-order chi connectivity index (χ1) is 7.54. The summed E-state index contributed by atoms with van der Waals surface area (Å²) in [4.78, 5) is 10.1.